The van der Waals surface area contributed by atoms with Crippen LogP contribution in [0.2, 0.25) is 0 Å². The van der Waals surface area contributed by atoms with Crippen LogP contribution in [0.25, 0.3) is 5.95 Å². The van der Waals surface area contributed by atoms with E-state index in [1.54, 1.807) is 29.2 Å². The van der Waals surface area contributed by atoms with E-state index < -0.39 is 0 Å². The Balaban J connectivity index is 1.45. The number of halogens is 1. The number of imidazole rings is 1. The Morgan fingerprint density at radius 2 is 2.07 bits per heavy atom. The average Bonchev–Trinajstić information content (AvgIpc) is 3.28. The number of piperidine rings is 1. The Bertz CT molecular complexity index is 989. The molecule has 8 heteroatoms. The summed E-state index contributed by atoms with van der Waals surface area (Å²) in [5.41, 5.74) is 1.75. The largest absolute Gasteiger partial charge is 0.353 e. The smallest absolute Gasteiger partial charge is 0.237 e. The van der Waals surface area contributed by atoms with Gasteiger partial charge in [-0.25, -0.2) is 14.4 Å². The van der Waals surface area contributed by atoms with Crippen LogP contribution < -0.4 is 10.2 Å². The molecule has 0 saturated carbocycles. The number of hydrogen-bond acceptors (Lipinski definition) is 5. The number of carbonyl (C=O) groups excluding carboxylic acids is 1. The second kappa shape index (κ2) is 9.02. The normalized spacial score (nSPS) is 16.5. The Labute approximate surface area is 175 Å². The fourth-order valence-electron chi connectivity index (χ4n) is 3.78. The molecule has 2 aromatic heterocycles. The van der Waals surface area contributed by atoms with Crippen molar-refractivity contribution < 1.29 is 9.18 Å². The van der Waals surface area contributed by atoms with Crippen molar-refractivity contribution in [2.24, 2.45) is 0 Å². The standard InChI is InChI=1S/C22H25FN6O/c1-16-12-20(27-22(26-16)28-11-9-24-15-28)29-10-3-2-4-19(29)13-21(30)25-14-17-5-7-18(23)8-6-17/h5-9,11-12,15,19H,2-4,10,13-14H2,1H3,(H,25,30). The van der Waals surface area contributed by atoms with Gasteiger partial charge < -0.3 is 10.2 Å². The van der Waals surface area contributed by atoms with Crippen molar-refractivity contribution in [3.8, 4) is 5.95 Å². The molecule has 156 valence electrons. The number of nitrogens with one attached hydrogen (secondary N) is 1. The van der Waals surface area contributed by atoms with Gasteiger partial charge in [-0.2, -0.15) is 4.98 Å². The summed E-state index contributed by atoms with van der Waals surface area (Å²) >= 11 is 0. The van der Waals surface area contributed by atoms with E-state index in [9.17, 15) is 9.18 Å². The predicted octanol–water partition coefficient (Wildman–Crippen LogP) is 3.18. The van der Waals surface area contributed by atoms with Gasteiger partial charge in [0.2, 0.25) is 11.9 Å². The van der Waals surface area contributed by atoms with Gasteiger partial charge >= 0.3 is 0 Å². The molecule has 1 aliphatic rings. The minimum atomic E-state index is -0.280. The van der Waals surface area contributed by atoms with Crippen molar-refractivity contribution in [3.63, 3.8) is 0 Å². The first kappa shape index (κ1) is 20.0. The molecule has 0 spiro atoms. The van der Waals surface area contributed by atoms with Crippen LogP contribution in [0.1, 0.15) is 36.9 Å². The molecule has 1 amide bonds. The molecule has 4 rings (SSSR count). The lowest BCUT2D eigenvalue weighted by atomic mass is 9.99. The molecule has 1 atom stereocenters. The summed E-state index contributed by atoms with van der Waals surface area (Å²) in [6.45, 7) is 3.19. The number of nitrogens with zero attached hydrogens (tertiary/aromatic N) is 5. The van der Waals surface area contributed by atoms with Crippen LogP contribution in [0.15, 0.2) is 49.1 Å². The van der Waals surface area contributed by atoms with E-state index in [-0.39, 0.29) is 17.8 Å². The van der Waals surface area contributed by atoms with E-state index in [0.29, 0.717) is 18.9 Å². The van der Waals surface area contributed by atoms with Crippen LogP contribution in [0.4, 0.5) is 10.2 Å². The minimum Gasteiger partial charge on any atom is -0.353 e. The Kier molecular flexibility index (Phi) is 6.02. The van der Waals surface area contributed by atoms with Gasteiger partial charge in [-0.3, -0.25) is 9.36 Å². The number of hydrogen-bond donors (Lipinski definition) is 1. The highest BCUT2D eigenvalue weighted by Gasteiger charge is 2.26. The lowest BCUT2D eigenvalue weighted by Gasteiger charge is -2.36. The molecule has 0 bridgehead atoms. The maximum atomic E-state index is 13.0. The first-order chi connectivity index (χ1) is 14.6. The van der Waals surface area contributed by atoms with E-state index >= 15 is 0 Å². The highest BCUT2D eigenvalue weighted by molar-refractivity contribution is 5.77. The van der Waals surface area contributed by atoms with Crippen LogP contribution >= 0.6 is 0 Å². The second-order valence-electron chi connectivity index (χ2n) is 7.59. The van der Waals surface area contributed by atoms with Crippen molar-refractivity contribution >= 4 is 11.7 Å². The van der Waals surface area contributed by atoms with Crippen LogP contribution in [0, 0.1) is 12.7 Å². The van der Waals surface area contributed by atoms with Crippen LogP contribution in [-0.4, -0.2) is 38.0 Å². The highest BCUT2D eigenvalue weighted by atomic mass is 19.1. The first-order valence-electron chi connectivity index (χ1n) is 10.2. The van der Waals surface area contributed by atoms with Crippen LogP contribution in [0.5, 0.6) is 0 Å². The summed E-state index contributed by atoms with van der Waals surface area (Å²) in [5, 5.41) is 2.95. The number of rotatable bonds is 6. The highest BCUT2D eigenvalue weighted by Crippen LogP contribution is 2.26. The van der Waals surface area contributed by atoms with E-state index in [0.717, 1.165) is 42.9 Å². The summed E-state index contributed by atoms with van der Waals surface area (Å²) in [4.78, 5) is 28.1. The second-order valence-corrected chi connectivity index (χ2v) is 7.59. The number of aromatic nitrogens is 4. The lowest BCUT2D eigenvalue weighted by Crippen LogP contribution is -2.43. The summed E-state index contributed by atoms with van der Waals surface area (Å²) in [5.74, 6) is 1.12. The summed E-state index contributed by atoms with van der Waals surface area (Å²) in [6.07, 6.45) is 8.67. The molecule has 3 heterocycles. The van der Waals surface area contributed by atoms with E-state index in [4.69, 9.17) is 4.98 Å². The van der Waals surface area contributed by atoms with Crippen molar-refractivity contribution in [2.75, 3.05) is 11.4 Å². The quantitative estimate of drug-likeness (QED) is 0.678. The fraction of sp³-hybridized carbons (Fsp3) is 0.364. The number of carbonyl (C=O) groups is 1. The zero-order chi connectivity index (χ0) is 20.9. The monoisotopic (exact) mass is 408 g/mol. The Morgan fingerprint density at radius 3 is 2.83 bits per heavy atom. The minimum absolute atomic E-state index is 0.0168. The topological polar surface area (TPSA) is 75.9 Å². The molecule has 7 nitrogen and oxygen atoms in total. The van der Waals surface area contributed by atoms with Crippen LogP contribution in [-0.2, 0) is 11.3 Å². The Morgan fingerprint density at radius 1 is 1.23 bits per heavy atom. The van der Waals surface area contributed by atoms with E-state index in [1.165, 1.54) is 12.1 Å². The van der Waals surface area contributed by atoms with Gasteiger partial charge in [-0.05, 0) is 43.9 Å². The van der Waals surface area contributed by atoms with Gasteiger partial charge in [0.05, 0.1) is 0 Å². The zero-order valence-corrected chi connectivity index (χ0v) is 17.0. The fourth-order valence-corrected chi connectivity index (χ4v) is 3.78. The summed E-state index contributed by atoms with van der Waals surface area (Å²) < 4.78 is 14.8. The van der Waals surface area contributed by atoms with Crippen molar-refractivity contribution in [1.29, 1.82) is 0 Å². The maximum absolute atomic E-state index is 13.0. The molecule has 0 radical (unpaired) electrons. The van der Waals surface area contributed by atoms with E-state index in [1.807, 2.05) is 19.2 Å². The van der Waals surface area contributed by atoms with E-state index in [2.05, 4.69) is 20.2 Å². The molecule has 30 heavy (non-hydrogen) atoms. The molecule has 0 aliphatic carbocycles. The van der Waals surface area contributed by atoms with Crippen molar-refractivity contribution in [2.45, 2.75) is 45.2 Å². The summed E-state index contributed by atoms with van der Waals surface area (Å²) in [6, 6.07) is 8.22. The molecule has 1 aliphatic heterocycles. The molecular formula is C22H25FN6O. The number of anilines is 1. The van der Waals surface area contributed by atoms with Gasteiger partial charge in [0.1, 0.15) is 18.0 Å². The molecular weight excluding hydrogens is 383 g/mol. The van der Waals surface area contributed by atoms with Crippen molar-refractivity contribution in [3.05, 3.63) is 66.1 Å². The van der Waals surface area contributed by atoms with Gasteiger partial charge in [-0.15, -0.1) is 0 Å². The molecule has 1 aromatic carbocycles. The van der Waals surface area contributed by atoms with Gasteiger partial charge in [0.25, 0.3) is 0 Å². The molecule has 3 aromatic rings. The molecule has 1 N–H and O–H groups in total. The third-order valence-electron chi connectivity index (χ3n) is 5.31. The van der Waals surface area contributed by atoms with Gasteiger partial charge in [-0.1, -0.05) is 12.1 Å². The van der Waals surface area contributed by atoms with Gasteiger partial charge in [0.15, 0.2) is 0 Å². The Hall–Kier alpha value is -3.29. The maximum Gasteiger partial charge on any atom is 0.237 e. The molecule has 1 unspecified atom stereocenters. The molecule has 1 fully saturated rings. The lowest BCUT2D eigenvalue weighted by molar-refractivity contribution is -0.121. The average molecular weight is 408 g/mol. The first-order valence-corrected chi connectivity index (χ1v) is 10.2. The third-order valence-corrected chi connectivity index (χ3v) is 5.31. The number of amides is 1. The summed E-state index contributed by atoms with van der Waals surface area (Å²) in [7, 11) is 0. The van der Waals surface area contributed by atoms with Gasteiger partial charge in [0, 0.05) is 49.7 Å². The van der Waals surface area contributed by atoms with Crippen LogP contribution in [0.3, 0.4) is 0 Å². The number of aryl methyl sites for hydroxylation is 1. The number of benzene rings is 1. The molecule has 1 saturated heterocycles. The zero-order valence-electron chi connectivity index (χ0n) is 17.0. The SMILES string of the molecule is Cc1cc(N2CCCCC2CC(=O)NCc2ccc(F)cc2)nc(-n2ccnc2)n1. The third kappa shape index (κ3) is 4.82. The predicted molar refractivity (Wildman–Crippen MR) is 112 cm³/mol. The van der Waals surface area contributed by atoms with Crippen molar-refractivity contribution in [1.82, 2.24) is 24.8 Å².